The molecule has 0 saturated carbocycles. The zero-order valence-electron chi connectivity index (χ0n) is 9.81. The normalized spacial score (nSPS) is 10.1. The van der Waals surface area contributed by atoms with Crippen LogP contribution in [0.15, 0.2) is 42.5 Å². The van der Waals surface area contributed by atoms with E-state index in [0.29, 0.717) is 22.6 Å². The summed E-state index contributed by atoms with van der Waals surface area (Å²) in [5.41, 5.74) is 7.47. The molecule has 0 amide bonds. The number of hydrogen-bond donors (Lipinski definition) is 1. The molecule has 0 aliphatic carbocycles. The monoisotopic (exact) mass is 353 g/mol. The number of ketones is 1. The maximum atomic E-state index is 12.2. The van der Waals surface area contributed by atoms with E-state index >= 15 is 0 Å². The molecule has 0 saturated heterocycles. The van der Waals surface area contributed by atoms with Crippen molar-refractivity contribution in [2.24, 2.45) is 0 Å². The van der Waals surface area contributed by atoms with E-state index in [1.807, 2.05) is 24.3 Å². The van der Waals surface area contributed by atoms with E-state index in [1.165, 1.54) is 7.11 Å². The minimum Gasteiger partial charge on any atom is -0.495 e. The van der Waals surface area contributed by atoms with Crippen LogP contribution in [0.25, 0.3) is 0 Å². The van der Waals surface area contributed by atoms with Gasteiger partial charge < -0.3 is 10.5 Å². The lowest BCUT2D eigenvalue weighted by atomic mass is 10.0. The number of halogens is 1. The second kappa shape index (κ2) is 5.39. The summed E-state index contributed by atoms with van der Waals surface area (Å²) in [7, 11) is 1.53. The molecule has 0 spiro atoms. The second-order valence-corrected chi connectivity index (χ2v) is 5.04. The van der Waals surface area contributed by atoms with E-state index in [0.717, 1.165) is 3.57 Å². The minimum absolute atomic E-state index is 0.0373. The molecule has 2 aromatic rings. The Labute approximate surface area is 119 Å². The number of hydrogen-bond acceptors (Lipinski definition) is 3. The first-order valence-electron chi connectivity index (χ1n) is 5.35. The van der Waals surface area contributed by atoms with Crippen molar-refractivity contribution >= 4 is 34.1 Å². The molecule has 0 aromatic heterocycles. The van der Waals surface area contributed by atoms with E-state index in [1.54, 1.807) is 18.2 Å². The van der Waals surface area contributed by atoms with Crippen LogP contribution < -0.4 is 10.5 Å². The number of carbonyl (C=O) groups excluding carboxylic acids is 1. The molecular formula is C14H12INO2. The number of methoxy groups -OCH3 is 1. The summed E-state index contributed by atoms with van der Waals surface area (Å²) < 4.78 is 6.21. The molecular weight excluding hydrogens is 341 g/mol. The van der Waals surface area contributed by atoms with Crippen molar-refractivity contribution in [2.75, 3.05) is 12.8 Å². The second-order valence-electron chi connectivity index (χ2n) is 3.79. The maximum absolute atomic E-state index is 12.2. The van der Waals surface area contributed by atoms with Gasteiger partial charge in [-0.3, -0.25) is 4.79 Å². The molecule has 3 nitrogen and oxygen atoms in total. The number of rotatable bonds is 3. The van der Waals surface area contributed by atoms with Gasteiger partial charge in [0.15, 0.2) is 5.78 Å². The Morgan fingerprint density at radius 3 is 2.33 bits per heavy atom. The topological polar surface area (TPSA) is 52.3 Å². The van der Waals surface area contributed by atoms with Gasteiger partial charge in [-0.05, 0) is 65.1 Å². The number of nitrogen functional groups attached to an aromatic ring is 1. The zero-order valence-corrected chi connectivity index (χ0v) is 12.0. The fraction of sp³-hybridized carbons (Fsp3) is 0.0714. The average Bonchev–Trinajstić information content (AvgIpc) is 2.39. The molecule has 2 aromatic carbocycles. The van der Waals surface area contributed by atoms with Crippen LogP contribution in [0.1, 0.15) is 15.9 Å². The summed E-state index contributed by atoms with van der Waals surface area (Å²) in [6, 6.07) is 12.5. The Morgan fingerprint density at radius 1 is 1.11 bits per heavy atom. The number of anilines is 1. The lowest BCUT2D eigenvalue weighted by molar-refractivity contribution is 0.103. The Kier molecular flexibility index (Phi) is 3.86. The molecule has 0 bridgehead atoms. The van der Waals surface area contributed by atoms with E-state index in [2.05, 4.69) is 22.6 Å². The van der Waals surface area contributed by atoms with Crippen molar-refractivity contribution in [1.29, 1.82) is 0 Å². The van der Waals surface area contributed by atoms with Crippen molar-refractivity contribution in [3.8, 4) is 5.75 Å². The zero-order chi connectivity index (χ0) is 13.1. The molecule has 2 rings (SSSR count). The number of carbonyl (C=O) groups is 1. The SMILES string of the molecule is COc1cc(C(=O)c2ccc(I)cc2)ccc1N. The molecule has 0 radical (unpaired) electrons. The molecule has 0 aliphatic heterocycles. The van der Waals surface area contributed by atoms with Crippen LogP contribution in [-0.4, -0.2) is 12.9 Å². The van der Waals surface area contributed by atoms with Gasteiger partial charge in [0.25, 0.3) is 0 Å². The minimum atomic E-state index is -0.0373. The molecule has 4 heteroatoms. The van der Waals surface area contributed by atoms with Crippen LogP contribution in [0.2, 0.25) is 0 Å². The largest absolute Gasteiger partial charge is 0.495 e. The highest BCUT2D eigenvalue weighted by atomic mass is 127. The highest BCUT2D eigenvalue weighted by Gasteiger charge is 2.11. The van der Waals surface area contributed by atoms with Crippen LogP contribution in [0.5, 0.6) is 5.75 Å². The van der Waals surface area contributed by atoms with Gasteiger partial charge in [0.1, 0.15) is 5.75 Å². The van der Waals surface area contributed by atoms with Crippen LogP contribution in [0.4, 0.5) is 5.69 Å². The molecule has 0 fully saturated rings. The van der Waals surface area contributed by atoms with E-state index in [4.69, 9.17) is 10.5 Å². The van der Waals surface area contributed by atoms with Crippen LogP contribution in [0.3, 0.4) is 0 Å². The van der Waals surface area contributed by atoms with Crippen LogP contribution in [0, 0.1) is 3.57 Å². The lowest BCUT2D eigenvalue weighted by Gasteiger charge is -2.07. The molecule has 92 valence electrons. The van der Waals surface area contributed by atoms with Gasteiger partial charge >= 0.3 is 0 Å². The standard InChI is InChI=1S/C14H12INO2/c1-18-13-8-10(4-7-12(13)16)14(17)9-2-5-11(15)6-3-9/h2-8H,16H2,1H3. The Morgan fingerprint density at radius 2 is 1.72 bits per heavy atom. The Hall–Kier alpha value is -1.56. The first-order valence-corrected chi connectivity index (χ1v) is 6.43. The molecule has 2 N–H and O–H groups in total. The van der Waals surface area contributed by atoms with Crippen molar-refractivity contribution in [2.45, 2.75) is 0 Å². The van der Waals surface area contributed by atoms with Crippen molar-refractivity contribution < 1.29 is 9.53 Å². The van der Waals surface area contributed by atoms with Gasteiger partial charge in [0.2, 0.25) is 0 Å². The van der Waals surface area contributed by atoms with E-state index < -0.39 is 0 Å². The highest BCUT2D eigenvalue weighted by molar-refractivity contribution is 14.1. The maximum Gasteiger partial charge on any atom is 0.193 e. The summed E-state index contributed by atoms with van der Waals surface area (Å²) >= 11 is 2.20. The average molecular weight is 353 g/mol. The third-order valence-electron chi connectivity index (χ3n) is 2.60. The van der Waals surface area contributed by atoms with E-state index in [9.17, 15) is 4.79 Å². The van der Waals surface area contributed by atoms with E-state index in [-0.39, 0.29) is 5.78 Å². The smallest absolute Gasteiger partial charge is 0.193 e. The third kappa shape index (κ3) is 2.64. The summed E-state index contributed by atoms with van der Waals surface area (Å²) in [6.45, 7) is 0. The van der Waals surface area contributed by atoms with Gasteiger partial charge in [0.05, 0.1) is 12.8 Å². The summed E-state index contributed by atoms with van der Waals surface area (Å²) in [4.78, 5) is 12.2. The quantitative estimate of drug-likeness (QED) is 0.524. The van der Waals surface area contributed by atoms with Gasteiger partial charge in [-0.1, -0.05) is 0 Å². The fourth-order valence-electron chi connectivity index (χ4n) is 1.62. The first kappa shape index (κ1) is 12.9. The predicted molar refractivity (Wildman–Crippen MR) is 80.0 cm³/mol. The molecule has 0 atom stereocenters. The summed E-state index contributed by atoms with van der Waals surface area (Å²) in [6.07, 6.45) is 0. The highest BCUT2D eigenvalue weighted by Crippen LogP contribution is 2.23. The van der Waals surface area contributed by atoms with Gasteiger partial charge in [-0.15, -0.1) is 0 Å². The number of benzene rings is 2. The number of nitrogens with two attached hydrogens (primary N) is 1. The van der Waals surface area contributed by atoms with Crippen LogP contribution >= 0.6 is 22.6 Å². The van der Waals surface area contributed by atoms with Crippen molar-refractivity contribution in [3.05, 3.63) is 57.2 Å². The molecule has 0 heterocycles. The summed E-state index contributed by atoms with van der Waals surface area (Å²) in [5, 5.41) is 0. The molecule has 0 aliphatic rings. The molecule has 0 unspecified atom stereocenters. The Bertz CT molecular complexity index is 579. The molecule has 18 heavy (non-hydrogen) atoms. The van der Waals surface area contributed by atoms with Crippen molar-refractivity contribution in [1.82, 2.24) is 0 Å². The van der Waals surface area contributed by atoms with Crippen LogP contribution in [-0.2, 0) is 0 Å². The fourth-order valence-corrected chi connectivity index (χ4v) is 1.98. The van der Waals surface area contributed by atoms with Gasteiger partial charge in [0, 0.05) is 14.7 Å². The number of ether oxygens (including phenoxy) is 1. The van der Waals surface area contributed by atoms with Gasteiger partial charge in [-0.2, -0.15) is 0 Å². The van der Waals surface area contributed by atoms with Crippen molar-refractivity contribution in [3.63, 3.8) is 0 Å². The first-order chi connectivity index (χ1) is 8.61. The third-order valence-corrected chi connectivity index (χ3v) is 3.32. The summed E-state index contributed by atoms with van der Waals surface area (Å²) in [5.74, 6) is 0.482. The van der Waals surface area contributed by atoms with Gasteiger partial charge in [-0.25, -0.2) is 0 Å². The lowest BCUT2D eigenvalue weighted by Crippen LogP contribution is -2.02. The Balaban J connectivity index is 2.37. The predicted octanol–water partition coefficient (Wildman–Crippen LogP) is 3.11.